The number of aryl methyl sites for hydroxylation is 1. The van der Waals surface area contributed by atoms with Crippen LogP contribution in [0.5, 0.6) is 5.75 Å². The van der Waals surface area contributed by atoms with Crippen molar-refractivity contribution in [2.24, 2.45) is 0 Å². The van der Waals surface area contributed by atoms with Crippen LogP contribution in [-0.2, 0) is 20.7 Å². The zero-order valence-electron chi connectivity index (χ0n) is 14.0. The molecule has 24 heavy (non-hydrogen) atoms. The van der Waals surface area contributed by atoms with Crippen molar-refractivity contribution >= 4 is 11.9 Å². The lowest BCUT2D eigenvalue weighted by Gasteiger charge is -2.36. The highest BCUT2D eigenvalue weighted by molar-refractivity contribution is 5.78. The summed E-state index contributed by atoms with van der Waals surface area (Å²) in [6.07, 6.45) is 2.94. The van der Waals surface area contributed by atoms with Crippen LogP contribution in [0.1, 0.15) is 37.7 Å². The second-order valence-corrected chi connectivity index (χ2v) is 6.21. The SMILES string of the molecule is COc1ccc(CCCC(=O)NC2(CC(=O)O)CCOCC2)cc1. The van der Waals surface area contributed by atoms with Gasteiger partial charge in [0.2, 0.25) is 5.91 Å². The van der Waals surface area contributed by atoms with Gasteiger partial charge in [0, 0.05) is 19.6 Å². The number of methoxy groups -OCH3 is 1. The smallest absolute Gasteiger partial charge is 0.305 e. The van der Waals surface area contributed by atoms with E-state index in [1.165, 1.54) is 0 Å². The first kappa shape index (κ1) is 18.3. The molecule has 0 unspecified atom stereocenters. The van der Waals surface area contributed by atoms with Crippen LogP contribution in [0.4, 0.5) is 0 Å². The van der Waals surface area contributed by atoms with Crippen LogP contribution in [0.3, 0.4) is 0 Å². The molecule has 0 spiro atoms. The van der Waals surface area contributed by atoms with Crippen LogP contribution >= 0.6 is 0 Å². The van der Waals surface area contributed by atoms with Crippen molar-refractivity contribution in [1.29, 1.82) is 0 Å². The number of carboxylic acids is 1. The Morgan fingerprint density at radius 2 is 1.92 bits per heavy atom. The third-order valence-electron chi connectivity index (χ3n) is 4.37. The molecule has 1 fully saturated rings. The van der Waals surface area contributed by atoms with E-state index in [4.69, 9.17) is 14.6 Å². The van der Waals surface area contributed by atoms with Gasteiger partial charge in [0.25, 0.3) is 0 Å². The molecular weight excluding hydrogens is 310 g/mol. The van der Waals surface area contributed by atoms with Crippen molar-refractivity contribution in [3.05, 3.63) is 29.8 Å². The zero-order valence-corrected chi connectivity index (χ0v) is 14.0. The Labute approximate surface area is 142 Å². The molecule has 6 heteroatoms. The molecule has 0 radical (unpaired) electrons. The molecule has 0 saturated carbocycles. The van der Waals surface area contributed by atoms with Gasteiger partial charge in [-0.1, -0.05) is 12.1 Å². The first-order valence-corrected chi connectivity index (χ1v) is 8.26. The van der Waals surface area contributed by atoms with Gasteiger partial charge in [0.15, 0.2) is 0 Å². The highest BCUT2D eigenvalue weighted by Gasteiger charge is 2.36. The summed E-state index contributed by atoms with van der Waals surface area (Å²) in [5.74, 6) is -0.172. The largest absolute Gasteiger partial charge is 0.497 e. The van der Waals surface area contributed by atoms with Crippen molar-refractivity contribution in [1.82, 2.24) is 5.32 Å². The molecule has 1 heterocycles. The van der Waals surface area contributed by atoms with E-state index in [1.54, 1.807) is 7.11 Å². The number of hydrogen-bond acceptors (Lipinski definition) is 4. The summed E-state index contributed by atoms with van der Waals surface area (Å²) in [5, 5.41) is 12.1. The zero-order chi connectivity index (χ0) is 17.4. The average Bonchev–Trinajstić information content (AvgIpc) is 2.55. The van der Waals surface area contributed by atoms with Gasteiger partial charge < -0.3 is 19.9 Å². The summed E-state index contributed by atoms with van der Waals surface area (Å²) in [4.78, 5) is 23.3. The molecule has 132 valence electrons. The Balaban J connectivity index is 1.81. The van der Waals surface area contributed by atoms with Crippen LogP contribution < -0.4 is 10.1 Å². The maximum absolute atomic E-state index is 12.2. The number of nitrogens with one attached hydrogen (secondary N) is 1. The Morgan fingerprint density at radius 3 is 2.50 bits per heavy atom. The number of benzene rings is 1. The standard InChI is InChI=1S/C18H25NO5/c1-23-15-7-5-14(6-8-15)3-2-4-16(20)19-18(13-17(21)22)9-11-24-12-10-18/h5-8H,2-4,9-13H2,1H3,(H,19,20)(H,21,22). The number of hydrogen-bond donors (Lipinski definition) is 2. The third-order valence-corrected chi connectivity index (χ3v) is 4.37. The second kappa shape index (κ2) is 8.68. The maximum atomic E-state index is 12.2. The van der Waals surface area contributed by atoms with Crippen LogP contribution in [0.15, 0.2) is 24.3 Å². The van der Waals surface area contributed by atoms with Crippen molar-refractivity contribution in [2.45, 2.75) is 44.1 Å². The quantitative estimate of drug-likeness (QED) is 0.760. The molecule has 1 amide bonds. The van der Waals surface area contributed by atoms with Crippen molar-refractivity contribution < 1.29 is 24.2 Å². The molecule has 2 rings (SSSR count). The number of carbonyl (C=O) groups excluding carboxylic acids is 1. The number of rotatable bonds is 8. The molecule has 0 aromatic heterocycles. The Morgan fingerprint density at radius 1 is 1.25 bits per heavy atom. The highest BCUT2D eigenvalue weighted by Crippen LogP contribution is 2.25. The first-order valence-electron chi connectivity index (χ1n) is 8.26. The molecule has 1 aliphatic rings. The molecule has 1 aromatic carbocycles. The van der Waals surface area contributed by atoms with E-state index in [0.29, 0.717) is 32.5 Å². The highest BCUT2D eigenvalue weighted by atomic mass is 16.5. The molecule has 0 aliphatic carbocycles. The van der Waals surface area contributed by atoms with Crippen molar-refractivity contribution in [3.63, 3.8) is 0 Å². The lowest BCUT2D eigenvalue weighted by molar-refractivity contribution is -0.140. The number of carbonyl (C=O) groups is 2. The fourth-order valence-electron chi connectivity index (χ4n) is 3.00. The minimum absolute atomic E-state index is 0.0550. The summed E-state index contributed by atoms with van der Waals surface area (Å²) < 4.78 is 10.4. The summed E-state index contributed by atoms with van der Waals surface area (Å²) in [5.41, 5.74) is 0.483. The minimum Gasteiger partial charge on any atom is -0.497 e. The van der Waals surface area contributed by atoms with E-state index < -0.39 is 11.5 Å². The van der Waals surface area contributed by atoms with E-state index in [0.717, 1.165) is 24.2 Å². The Kier molecular flexibility index (Phi) is 6.61. The van der Waals surface area contributed by atoms with Gasteiger partial charge in [-0.05, 0) is 43.4 Å². The summed E-state index contributed by atoms with van der Waals surface area (Å²) in [6.45, 7) is 0.971. The van der Waals surface area contributed by atoms with Crippen molar-refractivity contribution in [2.75, 3.05) is 20.3 Å². The van der Waals surface area contributed by atoms with Crippen LogP contribution in [0.2, 0.25) is 0 Å². The molecule has 1 aliphatic heterocycles. The van der Waals surface area contributed by atoms with Gasteiger partial charge in [0.05, 0.1) is 19.1 Å². The van der Waals surface area contributed by atoms with Gasteiger partial charge in [-0.25, -0.2) is 0 Å². The molecule has 6 nitrogen and oxygen atoms in total. The van der Waals surface area contributed by atoms with E-state index in [2.05, 4.69) is 5.32 Å². The molecule has 1 saturated heterocycles. The molecule has 0 bridgehead atoms. The Bertz CT molecular complexity index is 549. The van der Waals surface area contributed by atoms with Gasteiger partial charge in [-0.2, -0.15) is 0 Å². The Hall–Kier alpha value is -2.08. The predicted octanol–water partition coefficient (Wildman–Crippen LogP) is 2.16. The second-order valence-electron chi connectivity index (χ2n) is 6.21. The minimum atomic E-state index is -0.893. The van der Waals surface area contributed by atoms with Gasteiger partial charge in [-0.3, -0.25) is 9.59 Å². The number of amides is 1. The van der Waals surface area contributed by atoms with E-state index >= 15 is 0 Å². The number of carboxylic acid groups (broad SMARTS) is 1. The van der Waals surface area contributed by atoms with Gasteiger partial charge >= 0.3 is 5.97 Å². The number of ether oxygens (including phenoxy) is 2. The van der Waals surface area contributed by atoms with Gasteiger partial charge in [-0.15, -0.1) is 0 Å². The normalized spacial score (nSPS) is 16.4. The van der Waals surface area contributed by atoms with Gasteiger partial charge in [0.1, 0.15) is 5.75 Å². The fourth-order valence-corrected chi connectivity index (χ4v) is 3.00. The van der Waals surface area contributed by atoms with E-state index in [1.807, 2.05) is 24.3 Å². The monoisotopic (exact) mass is 335 g/mol. The lowest BCUT2D eigenvalue weighted by Crippen LogP contribution is -2.53. The van der Waals surface area contributed by atoms with Crippen LogP contribution in [-0.4, -0.2) is 42.8 Å². The molecular formula is C18H25NO5. The average molecular weight is 335 g/mol. The van der Waals surface area contributed by atoms with Crippen molar-refractivity contribution in [3.8, 4) is 5.75 Å². The summed E-state index contributed by atoms with van der Waals surface area (Å²) >= 11 is 0. The molecule has 2 N–H and O–H groups in total. The van der Waals surface area contributed by atoms with E-state index in [-0.39, 0.29) is 12.3 Å². The fraction of sp³-hybridized carbons (Fsp3) is 0.556. The molecule has 1 aromatic rings. The first-order chi connectivity index (χ1) is 11.5. The third kappa shape index (κ3) is 5.53. The predicted molar refractivity (Wildman–Crippen MR) is 89.1 cm³/mol. The lowest BCUT2D eigenvalue weighted by atomic mass is 9.86. The molecule has 0 atom stereocenters. The van der Waals surface area contributed by atoms with Crippen LogP contribution in [0.25, 0.3) is 0 Å². The van der Waals surface area contributed by atoms with Crippen LogP contribution in [0, 0.1) is 0 Å². The maximum Gasteiger partial charge on any atom is 0.305 e. The topological polar surface area (TPSA) is 84.9 Å². The van der Waals surface area contributed by atoms with E-state index in [9.17, 15) is 9.59 Å². The number of aliphatic carboxylic acids is 1. The summed E-state index contributed by atoms with van der Waals surface area (Å²) in [7, 11) is 1.63. The summed E-state index contributed by atoms with van der Waals surface area (Å²) in [6, 6.07) is 7.78.